The maximum Gasteiger partial charge on any atom is 0.254 e. The highest BCUT2D eigenvalue weighted by atomic mass is 35.5. The summed E-state index contributed by atoms with van der Waals surface area (Å²) in [5, 5.41) is 5.21. The molecule has 0 atom stereocenters. The summed E-state index contributed by atoms with van der Waals surface area (Å²) in [6.07, 6.45) is 0. The highest BCUT2D eigenvalue weighted by Crippen LogP contribution is 2.27. The predicted octanol–water partition coefficient (Wildman–Crippen LogP) is 2.29. The standard InChI is InChI=1S/C16H19ClN4O/c1-19(2)9-14-13-8-21(10-15(13)20(3)18-14)16(22)11-4-6-12(17)7-5-11/h4-7H,8-10H2,1-3H3. The molecule has 0 aliphatic carbocycles. The predicted molar refractivity (Wildman–Crippen MR) is 85.6 cm³/mol. The molecule has 2 aromatic rings. The third-order valence-corrected chi connectivity index (χ3v) is 4.14. The largest absolute Gasteiger partial charge is 0.328 e. The lowest BCUT2D eigenvalue weighted by Gasteiger charge is -2.17. The molecule has 0 saturated heterocycles. The molecule has 1 aliphatic rings. The van der Waals surface area contributed by atoms with Gasteiger partial charge >= 0.3 is 0 Å². The van der Waals surface area contributed by atoms with Gasteiger partial charge < -0.3 is 9.80 Å². The lowest BCUT2D eigenvalue weighted by atomic mass is 10.2. The molecule has 0 spiro atoms. The lowest BCUT2D eigenvalue weighted by molar-refractivity contribution is 0.0748. The molecule has 1 amide bonds. The SMILES string of the molecule is CN(C)Cc1nn(C)c2c1CN(C(=O)c1ccc(Cl)cc1)C2. The van der Waals surface area contributed by atoms with Crippen LogP contribution in [0.4, 0.5) is 0 Å². The number of benzene rings is 1. The second kappa shape index (κ2) is 5.74. The normalized spacial score (nSPS) is 13.8. The number of carbonyl (C=O) groups is 1. The van der Waals surface area contributed by atoms with Crippen LogP contribution in [0.3, 0.4) is 0 Å². The number of aromatic nitrogens is 2. The van der Waals surface area contributed by atoms with Crippen molar-refractivity contribution in [3.8, 4) is 0 Å². The Morgan fingerprint density at radius 1 is 1.27 bits per heavy atom. The fourth-order valence-corrected chi connectivity index (χ4v) is 2.94. The van der Waals surface area contributed by atoms with Crippen LogP contribution in [0.2, 0.25) is 5.02 Å². The third kappa shape index (κ3) is 2.74. The summed E-state index contributed by atoms with van der Waals surface area (Å²) in [6, 6.07) is 7.04. The van der Waals surface area contributed by atoms with Crippen molar-refractivity contribution in [2.24, 2.45) is 7.05 Å². The average Bonchev–Trinajstić information content (AvgIpc) is 3.01. The molecule has 1 aromatic carbocycles. The number of nitrogens with zero attached hydrogens (tertiary/aromatic N) is 4. The molecule has 22 heavy (non-hydrogen) atoms. The van der Waals surface area contributed by atoms with Gasteiger partial charge in [0.2, 0.25) is 0 Å². The van der Waals surface area contributed by atoms with E-state index in [0.29, 0.717) is 23.7 Å². The summed E-state index contributed by atoms with van der Waals surface area (Å²) < 4.78 is 1.89. The van der Waals surface area contributed by atoms with Gasteiger partial charge in [-0.2, -0.15) is 5.10 Å². The van der Waals surface area contributed by atoms with Crippen LogP contribution < -0.4 is 0 Å². The van der Waals surface area contributed by atoms with Crippen molar-refractivity contribution in [3.05, 3.63) is 51.8 Å². The first kappa shape index (κ1) is 15.1. The van der Waals surface area contributed by atoms with E-state index in [-0.39, 0.29) is 5.91 Å². The van der Waals surface area contributed by atoms with Gasteiger partial charge in [0.1, 0.15) is 0 Å². The zero-order valence-corrected chi connectivity index (χ0v) is 13.8. The van der Waals surface area contributed by atoms with E-state index < -0.39 is 0 Å². The van der Waals surface area contributed by atoms with E-state index >= 15 is 0 Å². The van der Waals surface area contributed by atoms with E-state index in [9.17, 15) is 4.79 Å². The van der Waals surface area contributed by atoms with Crippen molar-refractivity contribution in [2.75, 3.05) is 14.1 Å². The minimum Gasteiger partial charge on any atom is -0.328 e. The maximum absolute atomic E-state index is 12.6. The molecule has 3 rings (SSSR count). The maximum atomic E-state index is 12.6. The molecule has 1 aliphatic heterocycles. The van der Waals surface area contributed by atoms with Crippen LogP contribution in [0.5, 0.6) is 0 Å². The molecule has 2 heterocycles. The summed E-state index contributed by atoms with van der Waals surface area (Å²) in [6.45, 7) is 2.01. The second-order valence-corrected chi connectivity index (χ2v) is 6.34. The van der Waals surface area contributed by atoms with Crippen LogP contribution in [0.25, 0.3) is 0 Å². The fourth-order valence-electron chi connectivity index (χ4n) is 2.82. The summed E-state index contributed by atoms with van der Waals surface area (Å²) in [7, 11) is 5.98. The van der Waals surface area contributed by atoms with Gasteiger partial charge in [-0.1, -0.05) is 11.6 Å². The Kier molecular flexibility index (Phi) is 3.93. The minimum absolute atomic E-state index is 0.0312. The summed E-state index contributed by atoms with van der Waals surface area (Å²) in [5.41, 5.74) is 4.02. The molecule has 1 aromatic heterocycles. The van der Waals surface area contributed by atoms with E-state index in [1.807, 2.05) is 30.7 Å². The number of amides is 1. The Balaban J connectivity index is 1.82. The number of carbonyl (C=O) groups excluding carboxylic acids is 1. The molecule has 0 saturated carbocycles. The van der Waals surface area contributed by atoms with Crippen LogP contribution in [0, 0.1) is 0 Å². The fraction of sp³-hybridized carbons (Fsp3) is 0.375. The van der Waals surface area contributed by atoms with E-state index in [1.54, 1.807) is 24.3 Å². The zero-order valence-electron chi connectivity index (χ0n) is 13.0. The zero-order chi connectivity index (χ0) is 15.9. The Labute approximate surface area is 135 Å². The van der Waals surface area contributed by atoms with Crippen molar-refractivity contribution in [1.29, 1.82) is 0 Å². The number of hydrogen-bond donors (Lipinski definition) is 0. The van der Waals surface area contributed by atoms with Crippen LogP contribution in [0.15, 0.2) is 24.3 Å². The molecule has 116 valence electrons. The van der Waals surface area contributed by atoms with Gasteiger partial charge in [0.15, 0.2) is 0 Å². The average molecular weight is 319 g/mol. The summed E-state index contributed by atoms with van der Waals surface area (Å²) in [5.74, 6) is 0.0312. The number of halogens is 1. The van der Waals surface area contributed by atoms with Crippen LogP contribution in [-0.2, 0) is 26.7 Å². The molecule has 0 unspecified atom stereocenters. The second-order valence-electron chi connectivity index (χ2n) is 5.90. The highest BCUT2D eigenvalue weighted by molar-refractivity contribution is 6.30. The molecule has 0 fully saturated rings. The number of hydrogen-bond acceptors (Lipinski definition) is 3. The van der Waals surface area contributed by atoms with Crippen molar-refractivity contribution in [1.82, 2.24) is 19.6 Å². The van der Waals surface area contributed by atoms with Gasteiger partial charge in [0.05, 0.1) is 24.5 Å². The van der Waals surface area contributed by atoms with E-state index in [0.717, 1.165) is 17.9 Å². The molecule has 0 radical (unpaired) electrons. The molecule has 5 nitrogen and oxygen atoms in total. The topological polar surface area (TPSA) is 41.4 Å². The van der Waals surface area contributed by atoms with Gasteiger partial charge in [-0.05, 0) is 38.4 Å². The van der Waals surface area contributed by atoms with Gasteiger partial charge in [0.25, 0.3) is 5.91 Å². The number of rotatable bonds is 3. The van der Waals surface area contributed by atoms with Crippen molar-refractivity contribution >= 4 is 17.5 Å². The minimum atomic E-state index is 0.0312. The summed E-state index contributed by atoms with van der Waals surface area (Å²) in [4.78, 5) is 16.6. The van der Waals surface area contributed by atoms with Crippen molar-refractivity contribution in [2.45, 2.75) is 19.6 Å². The molecule has 6 heteroatoms. The van der Waals surface area contributed by atoms with Gasteiger partial charge in [-0.3, -0.25) is 9.48 Å². The van der Waals surface area contributed by atoms with Gasteiger partial charge in [-0.15, -0.1) is 0 Å². The van der Waals surface area contributed by atoms with E-state index in [2.05, 4.69) is 10.00 Å². The van der Waals surface area contributed by atoms with E-state index in [4.69, 9.17) is 11.6 Å². The molecular weight excluding hydrogens is 300 g/mol. The smallest absolute Gasteiger partial charge is 0.254 e. The van der Waals surface area contributed by atoms with Gasteiger partial charge in [0, 0.05) is 29.7 Å². The van der Waals surface area contributed by atoms with E-state index in [1.165, 1.54) is 5.56 Å². The van der Waals surface area contributed by atoms with Crippen LogP contribution >= 0.6 is 11.6 Å². The first-order valence-corrected chi connectivity index (χ1v) is 7.56. The van der Waals surface area contributed by atoms with Crippen molar-refractivity contribution < 1.29 is 4.79 Å². The Bertz CT molecular complexity index is 706. The number of aryl methyl sites for hydroxylation is 1. The number of fused-ring (bicyclic) bond motifs is 1. The van der Waals surface area contributed by atoms with Crippen LogP contribution in [0.1, 0.15) is 27.3 Å². The van der Waals surface area contributed by atoms with Gasteiger partial charge in [-0.25, -0.2) is 0 Å². The molecule has 0 bridgehead atoms. The Morgan fingerprint density at radius 3 is 2.59 bits per heavy atom. The quantitative estimate of drug-likeness (QED) is 0.872. The van der Waals surface area contributed by atoms with Crippen molar-refractivity contribution in [3.63, 3.8) is 0 Å². The first-order chi connectivity index (χ1) is 10.5. The molecular formula is C16H19ClN4O. The third-order valence-electron chi connectivity index (χ3n) is 3.89. The molecule has 0 N–H and O–H groups in total. The lowest BCUT2D eigenvalue weighted by Crippen LogP contribution is -2.26. The summed E-state index contributed by atoms with van der Waals surface area (Å²) >= 11 is 5.88. The Hall–Kier alpha value is -1.85. The highest BCUT2D eigenvalue weighted by Gasteiger charge is 2.30. The monoisotopic (exact) mass is 318 g/mol. The Morgan fingerprint density at radius 2 is 1.95 bits per heavy atom. The first-order valence-electron chi connectivity index (χ1n) is 7.19. The van der Waals surface area contributed by atoms with Crippen LogP contribution in [-0.4, -0.2) is 39.6 Å².